The van der Waals surface area contributed by atoms with Gasteiger partial charge in [0.2, 0.25) is 5.91 Å². The smallest absolute Gasteiger partial charge is 0.341 e. The zero-order valence-corrected chi connectivity index (χ0v) is 18.7. The summed E-state index contributed by atoms with van der Waals surface area (Å²) < 4.78 is 3.06. The molecule has 2 aliphatic rings. The van der Waals surface area contributed by atoms with Gasteiger partial charge in [-0.25, -0.2) is 9.78 Å². The minimum absolute atomic E-state index is 0.0159. The van der Waals surface area contributed by atoms with Crippen LogP contribution in [0.5, 0.6) is 0 Å². The van der Waals surface area contributed by atoms with Gasteiger partial charge in [-0.1, -0.05) is 30.3 Å². The first kappa shape index (κ1) is 19.7. The number of aryl methyl sites for hydroxylation is 2. The van der Waals surface area contributed by atoms with Gasteiger partial charge >= 0.3 is 5.69 Å². The lowest BCUT2D eigenvalue weighted by Crippen LogP contribution is -2.40. The maximum atomic E-state index is 13.6. The Morgan fingerprint density at radius 1 is 1.00 bits per heavy atom. The molecule has 6 rings (SSSR count). The molecule has 3 aromatic heterocycles. The fourth-order valence-electron chi connectivity index (χ4n) is 5.01. The summed E-state index contributed by atoms with van der Waals surface area (Å²) in [7, 11) is 0. The van der Waals surface area contributed by atoms with Crippen LogP contribution in [0.1, 0.15) is 42.5 Å². The Kier molecular flexibility index (Phi) is 4.82. The van der Waals surface area contributed by atoms with Gasteiger partial charge < -0.3 is 4.90 Å². The van der Waals surface area contributed by atoms with Crippen molar-refractivity contribution in [2.24, 2.45) is 0 Å². The van der Waals surface area contributed by atoms with E-state index < -0.39 is 0 Å². The lowest BCUT2D eigenvalue weighted by molar-refractivity contribution is -0.132. The van der Waals surface area contributed by atoms with Crippen molar-refractivity contribution in [3.05, 3.63) is 51.3 Å². The molecule has 1 aromatic carbocycles. The van der Waals surface area contributed by atoms with Crippen LogP contribution in [0.2, 0.25) is 0 Å². The standard InChI is InChI=1S/C24H25N5O2S/c30-19(27-13-7-2-8-14-27)15-28-23-20(17-11-5-6-12-18(17)32-23)22-25-21(26-29(22)24(28)31)16-9-3-1-4-10-16/h1,3-4,9-10H,2,5-8,11-15H2. The van der Waals surface area contributed by atoms with Gasteiger partial charge in [0.25, 0.3) is 0 Å². The predicted octanol–water partition coefficient (Wildman–Crippen LogP) is 3.66. The molecule has 1 aliphatic heterocycles. The number of likely N-dealkylation sites (tertiary alicyclic amines) is 1. The SMILES string of the molecule is O=C(Cn1c(=O)n2nc(-c3ccccc3)nc2c2c3c(sc21)CCCC3)N1CCCCC1. The van der Waals surface area contributed by atoms with Crippen molar-refractivity contribution in [3.63, 3.8) is 0 Å². The molecule has 0 saturated carbocycles. The van der Waals surface area contributed by atoms with Crippen molar-refractivity contribution in [1.82, 2.24) is 24.1 Å². The van der Waals surface area contributed by atoms with E-state index in [1.54, 1.807) is 15.9 Å². The Morgan fingerprint density at radius 3 is 2.59 bits per heavy atom. The first-order valence-corrected chi connectivity index (χ1v) is 12.3. The number of aromatic nitrogens is 4. The third-order valence-electron chi connectivity index (χ3n) is 6.67. The summed E-state index contributed by atoms with van der Waals surface area (Å²) in [4.78, 5) is 35.6. The van der Waals surface area contributed by atoms with Gasteiger partial charge in [0, 0.05) is 23.5 Å². The van der Waals surface area contributed by atoms with Gasteiger partial charge in [-0.3, -0.25) is 9.36 Å². The molecule has 0 atom stereocenters. The van der Waals surface area contributed by atoms with Crippen LogP contribution in [0.3, 0.4) is 0 Å². The number of amides is 1. The Labute approximate surface area is 189 Å². The molecule has 0 bridgehead atoms. The third kappa shape index (κ3) is 3.16. The van der Waals surface area contributed by atoms with Crippen LogP contribution in [0, 0.1) is 0 Å². The van der Waals surface area contributed by atoms with E-state index in [0.29, 0.717) is 11.5 Å². The summed E-state index contributed by atoms with van der Waals surface area (Å²) in [6, 6.07) is 9.74. The summed E-state index contributed by atoms with van der Waals surface area (Å²) in [6.45, 7) is 1.62. The summed E-state index contributed by atoms with van der Waals surface area (Å²) in [5, 5.41) is 5.60. The third-order valence-corrected chi connectivity index (χ3v) is 7.99. The number of nitrogens with zero attached hydrogens (tertiary/aromatic N) is 5. The van der Waals surface area contributed by atoms with Gasteiger partial charge in [0.05, 0.1) is 5.39 Å². The zero-order valence-electron chi connectivity index (χ0n) is 17.9. The maximum absolute atomic E-state index is 13.6. The van der Waals surface area contributed by atoms with Crippen LogP contribution in [-0.4, -0.2) is 43.1 Å². The number of piperidine rings is 1. The number of benzene rings is 1. The van der Waals surface area contributed by atoms with Crippen molar-refractivity contribution in [3.8, 4) is 11.4 Å². The molecule has 0 radical (unpaired) electrons. The number of hydrogen-bond donors (Lipinski definition) is 0. The zero-order chi connectivity index (χ0) is 21.7. The molecule has 164 valence electrons. The maximum Gasteiger partial charge on any atom is 0.352 e. The number of carbonyl (C=O) groups is 1. The monoisotopic (exact) mass is 447 g/mol. The second kappa shape index (κ2) is 7.85. The topological polar surface area (TPSA) is 72.5 Å². The quantitative estimate of drug-likeness (QED) is 0.480. The minimum Gasteiger partial charge on any atom is -0.341 e. The molecule has 4 aromatic rings. The van der Waals surface area contributed by atoms with Crippen molar-refractivity contribution in [2.45, 2.75) is 51.5 Å². The second-order valence-corrected chi connectivity index (χ2v) is 9.82. The first-order valence-electron chi connectivity index (χ1n) is 11.5. The number of carbonyl (C=O) groups excluding carboxylic acids is 1. The van der Waals surface area contributed by atoms with E-state index in [-0.39, 0.29) is 18.1 Å². The highest BCUT2D eigenvalue weighted by atomic mass is 32.1. The number of thiophene rings is 1. The van der Waals surface area contributed by atoms with Crippen LogP contribution in [0.25, 0.3) is 27.3 Å². The van der Waals surface area contributed by atoms with Gasteiger partial charge in [-0.05, 0) is 50.5 Å². The van der Waals surface area contributed by atoms with Crippen molar-refractivity contribution >= 4 is 33.1 Å². The molecule has 1 fully saturated rings. The van der Waals surface area contributed by atoms with E-state index in [0.717, 1.165) is 67.4 Å². The van der Waals surface area contributed by atoms with Gasteiger partial charge in [-0.15, -0.1) is 16.4 Å². The molecule has 0 unspecified atom stereocenters. The van der Waals surface area contributed by atoms with Crippen LogP contribution in [-0.2, 0) is 24.2 Å². The molecule has 1 aliphatic carbocycles. The fraction of sp³-hybridized carbons (Fsp3) is 0.417. The summed E-state index contributed by atoms with van der Waals surface area (Å²) in [6.07, 6.45) is 7.54. The van der Waals surface area contributed by atoms with E-state index in [2.05, 4.69) is 5.10 Å². The van der Waals surface area contributed by atoms with Crippen LogP contribution in [0.15, 0.2) is 35.1 Å². The second-order valence-electron chi connectivity index (χ2n) is 8.74. The predicted molar refractivity (Wildman–Crippen MR) is 125 cm³/mol. The first-order chi connectivity index (χ1) is 15.7. The highest BCUT2D eigenvalue weighted by molar-refractivity contribution is 7.19. The van der Waals surface area contributed by atoms with E-state index >= 15 is 0 Å². The van der Waals surface area contributed by atoms with Crippen molar-refractivity contribution in [2.75, 3.05) is 13.1 Å². The van der Waals surface area contributed by atoms with Gasteiger partial charge in [0.1, 0.15) is 11.4 Å². The highest BCUT2D eigenvalue weighted by Gasteiger charge is 2.26. The Balaban J connectivity index is 1.56. The molecule has 8 heteroatoms. The normalized spacial score (nSPS) is 16.6. The molecule has 0 spiro atoms. The highest BCUT2D eigenvalue weighted by Crippen LogP contribution is 2.38. The molecular formula is C24H25N5O2S. The van der Waals surface area contributed by atoms with Crippen molar-refractivity contribution < 1.29 is 4.79 Å². The van der Waals surface area contributed by atoms with Crippen LogP contribution < -0.4 is 5.69 Å². The Morgan fingerprint density at radius 2 is 1.78 bits per heavy atom. The minimum atomic E-state index is -0.286. The summed E-state index contributed by atoms with van der Waals surface area (Å²) in [5.74, 6) is 0.557. The summed E-state index contributed by atoms with van der Waals surface area (Å²) >= 11 is 1.66. The Hall–Kier alpha value is -3.00. The van der Waals surface area contributed by atoms with Crippen LogP contribution >= 0.6 is 11.3 Å². The number of hydrogen-bond acceptors (Lipinski definition) is 5. The molecule has 1 amide bonds. The van der Waals surface area contributed by atoms with E-state index in [9.17, 15) is 9.59 Å². The molecule has 32 heavy (non-hydrogen) atoms. The average Bonchev–Trinajstić information content (AvgIpc) is 3.45. The van der Waals surface area contributed by atoms with Gasteiger partial charge in [-0.2, -0.15) is 4.52 Å². The van der Waals surface area contributed by atoms with E-state index in [4.69, 9.17) is 4.98 Å². The lowest BCUT2D eigenvalue weighted by atomic mass is 9.97. The molecule has 7 nitrogen and oxygen atoms in total. The molecule has 1 saturated heterocycles. The largest absolute Gasteiger partial charge is 0.352 e. The van der Waals surface area contributed by atoms with E-state index in [1.165, 1.54) is 21.4 Å². The molecule has 0 N–H and O–H groups in total. The number of fused-ring (bicyclic) bond motifs is 5. The molecule has 4 heterocycles. The number of rotatable bonds is 3. The fourth-order valence-corrected chi connectivity index (χ4v) is 6.38. The molecular weight excluding hydrogens is 422 g/mol. The lowest BCUT2D eigenvalue weighted by Gasteiger charge is -2.27. The van der Waals surface area contributed by atoms with Gasteiger partial charge in [0.15, 0.2) is 11.5 Å². The van der Waals surface area contributed by atoms with E-state index in [1.807, 2.05) is 35.2 Å². The van der Waals surface area contributed by atoms with Crippen molar-refractivity contribution in [1.29, 1.82) is 0 Å². The van der Waals surface area contributed by atoms with Crippen LogP contribution in [0.4, 0.5) is 0 Å². The Bertz CT molecular complexity index is 1380. The average molecular weight is 448 g/mol. The summed E-state index contributed by atoms with van der Waals surface area (Å²) in [5.41, 5.74) is 2.49.